The van der Waals surface area contributed by atoms with E-state index in [-0.39, 0.29) is 5.91 Å². The Morgan fingerprint density at radius 1 is 1.15 bits per heavy atom. The van der Waals surface area contributed by atoms with Gasteiger partial charge in [0.05, 0.1) is 11.0 Å². The fraction of sp³-hybridized carbons (Fsp3) is 0.211. The first-order valence-corrected chi connectivity index (χ1v) is 8.80. The molecule has 0 aliphatic carbocycles. The van der Waals surface area contributed by atoms with Crippen molar-refractivity contribution < 1.29 is 4.79 Å². The maximum absolute atomic E-state index is 12.4. The van der Waals surface area contributed by atoms with Crippen molar-refractivity contribution in [3.8, 4) is 0 Å². The van der Waals surface area contributed by atoms with Gasteiger partial charge in [0.1, 0.15) is 5.82 Å². The first kappa shape index (κ1) is 17.9. The van der Waals surface area contributed by atoms with Crippen molar-refractivity contribution >= 4 is 40.0 Å². The lowest BCUT2D eigenvalue weighted by molar-refractivity contribution is 0.0944. The summed E-state index contributed by atoms with van der Waals surface area (Å²) >= 11 is 5.22. The Hall–Kier alpha value is -2.93. The van der Waals surface area contributed by atoms with Gasteiger partial charge in [0.2, 0.25) is 0 Å². The molecule has 1 heterocycles. The van der Waals surface area contributed by atoms with E-state index in [2.05, 4.69) is 32.6 Å². The zero-order valence-corrected chi connectivity index (χ0v) is 15.8. The molecule has 1 aromatic heterocycles. The molecule has 0 fully saturated rings. The lowest BCUT2D eigenvalue weighted by Gasteiger charge is -2.13. The highest BCUT2D eigenvalue weighted by atomic mass is 32.1. The number of nitrogens with one attached hydrogen (secondary N) is 3. The maximum atomic E-state index is 12.4. The molecular weight excluding hydrogens is 346 g/mol. The molecule has 3 aromatic rings. The number of anilines is 1. The van der Waals surface area contributed by atoms with Crippen LogP contribution in [0.3, 0.4) is 0 Å². The third kappa shape index (κ3) is 3.67. The maximum Gasteiger partial charge on any atom is 0.269 e. The zero-order chi connectivity index (χ0) is 18.7. The van der Waals surface area contributed by atoms with Crippen LogP contribution < -0.4 is 16.2 Å². The molecule has 7 heteroatoms. The molecule has 0 aliphatic heterocycles. The largest absolute Gasteiger partial charge is 0.331 e. The molecule has 0 saturated heterocycles. The van der Waals surface area contributed by atoms with Gasteiger partial charge in [-0.3, -0.25) is 15.6 Å². The average molecular weight is 367 g/mol. The Balaban J connectivity index is 1.65. The highest BCUT2D eigenvalue weighted by Gasteiger charge is 2.11. The van der Waals surface area contributed by atoms with Crippen LogP contribution in [0.1, 0.15) is 28.7 Å². The highest BCUT2D eigenvalue weighted by Crippen LogP contribution is 2.17. The summed E-state index contributed by atoms with van der Waals surface area (Å²) in [5.74, 6) is 0.659. The molecule has 0 unspecified atom stereocenters. The van der Waals surface area contributed by atoms with Crippen LogP contribution in [0.5, 0.6) is 0 Å². The van der Waals surface area contributed by atoms with E-state index >= 15 is 0 Å². The van der Waals surface area contributed by atoms with Gasteiger partial charge in [-0.15, -0.1) is 0 Å². The summed E-state index contributed by atoms with van der Waals surface area (Å²) in [6.45, 7) is 6.85. The molecule has 3 rings (SSSR count). The first-order chi connectivity index (χ1) is 12.5. The predicted molar refractivity (Wildman–Crippen MR) is 108 cm³/mol. The first-order valence-electron chi connectivity index (χ1n) is 8.39. The Morgan fingerprint density at radius 2 is 1.92 bits per heavy atom. The van der Waals surface area contributed by atoms with E-state index < -0.39 is 0 Å². The van der Waals surface area contributed by atoms with Crippen molar-refractivity contribution in [2.45, 2.75) is 27.3 Å². The van der Waals surface area contributed by atoms with E-state index in [0.717, 1.165) is 34.7 Å². The van der Waals surface area contributed by atoms with Gasteiger partial charge in [-0.25, -0.2) is 4.98 Å². The molecule has 0 saturated carbocycles. The summed E-state index contributed by atoms with van der Waals surface area (Å²) in [6, 6.07) is 13.3. The molecule has 0 atom stereocenters. The number of rotatable bonds is 3. The van der Waals surface area contributed by atoms with Crippen molar-refractivity contribution in [1.82, 2.24) is 20.4 Å². The summed E-state index contributed by atoms with van der Waals surface area (Å²) in [5.41, 5.74) is 9.64. The van der Waals surface area contributed by atoms with Gasteiger partial charge >= 0.3 is 0 Å². The lowest BCUT2D eigenvalue weighted by Crippen LogP contribution is -2.43. The number of para-hydroxylation sites is 1. The van der Waals surface area contributed by atoms with E-state index in [1.54, 1.807) is 12.1 Å². The smallest absolute Gasteiger partial charge is 0.269 e. The summed E-state index contributed by atoms with van der Waals surface area (Å²) in [6.07, 6.45) is 0. The van der Waals surface area contributed by atoms with Crippen LogP contribution in [-0.2, 0) is 6.54 Å². The lowest BCUT2D eigenvalue weighted by atomic mass is 10.2. The topological polar surface area (TPSA) is 71.0 Å². The minimum atomic E-state index is -0.274. The Labute approximate surface area is 157 Å². The number of aromatic nitrogens is 2. The van der Waals surface area contributed by atoms with E-state index in [1.807, 2.05) is 44.2 Å². The minimum Gasteiger partial charge on any atom is -0.331 e. The van der Waals surface area contributed by atoms with E-state index in [0.29, 0.717) is 10.7 Å². The van der Waals surface area contributed by atoms with Crippen molar-refractivity contribution in [3.63, 3.8) is 0 Å². The summed E-state index contributed by atoms with van der Waals surface area (Å²) in [7, 11) is 0. The molecule has 0 radical (unpaired) electrons. The Morgan fingerprint density at radius 3 is 2.65 bits per heavy atom. The second-order valence-electron chi connectivity index (χ2n) is 5.95. The summed E-state index contributed by atoms with van der Waals surface area (Å²) in [5, 5.41) is 3.37. The Bertz CT molecular complexity index is 979. The summed E-state index contributed by atoms with van der Waals surface area (Å²) < 4.78 is 2.11. The van der Waals surface area contributed by atoms with Crippen molar-refractivity contribution in [3.05, 3.63) is 59.4 Å². The van der Waals surface area contributed by atoms with Gasteiger partial charge in [0, 0.05) is 17.8 Å². The van der Waals surface area contributed by atoms with Crippen LogP contribution in [0, 0.1) is 13.8 Å². The normalized spacial score (nSPS) is 10.6. The van der Waals surface area contributed by atoms with Crippen molar-refractivity contribution in [1.29, 1.82) is 0 Å². The standard InChI is InChI=1S/C19H21N5OS/c1-4-24-13(3)20-16-11-14(9-10-17(16)24)18(25)22-23-19(26)21-15-8-6-5-7-12(15)2/h5-11H,4H2,1-3H3,(H,22,25)(H2,21,23,26). The third-order valence-corrected chi connectivity index (χ3v) is 4.40. The SMILES string of the molecule is CCn1c(C)nc2cc(C(=O)NNC(=S)Nc3ccccc3C)ccc21. The molecule has 0 bridgehead atoms. The van der Waals surface area contributed by atoms with Gasteiger partial charge in [-0.2, -0.15) is 0 Å². The number of aryl methyl sites for hydroxylation is 3. The van der Waals surface area contributed by atoms with Gasteiger partial charge in [0.25, 0.3) is 5.91 Å². The molecule has 0 aliphatic rings. The molecule has 0 spiro atoms. The zero-order valence-electron chi connectivity index (χ0n) is 15.0. The van der Waals surface area contributed by atoms with Crippen LogP contribution in [0.4, 0.5) is 5.69 Å². The van der Waals surface area contributed by atoms with E-state index in [4.69, 9.17) is 12.2 Å². The highest BCUT2D eigenvalue weighted by molar-refractivity contribution is 7.80. The van der Waals surface area contributed by atoms with Gasteiger partial charge in [0.15, 0.2) is 5.11 Å². The van der Waals surface area contributed by atoms with Gasteiger partial charge < -0.3 is 9.88 Å². The van der Waals surface area contributed by atoms with Crippen LogP contribution in [0.2, 0.25) is 0 Å². The van der Waals surface area contributed by atoms with E-state index in [1.165, 1.54) is 0 Å². The predicted octanol–water partition coefficient (Wildman–Crippen LogP) is 3.30. The molecule has 1 amide bonds. The van der Waals surface area contributed by atoms with Crippen LogP contribution in [0.15, 0.2) is 42.5 Å². The molecule has 134 valence electrons. The third-order valence-electron chi connectivity index (χ3n) is 4.20. The number of carbonyl (C=O) groups is 1. The van der Waals surface area contributed by atoms with Gasteiger partial charge in [-0.1, -0.05) is 18.2 Å². The number of carbonyl (C=O) groups excluding carboxylic acids is 1. The monoisotopic (exact) mass is 367 g/mol. The number of hydrazine groups is 1. The molecule has 26 heavy (non-hydrogen) atoms. The number of thiocarbonyl (C=S) groups is 1. The van der Waals surface area contributed by atoms with Crippen LogP contribution in [0.25, 0.3) is 11.0 Å². The molecule has 3 N–H and O–H groups in total. The second-order valence-corrected chi connectivity index (χ2v) is 6.36. The molecule has 6 nitrogen and oxygen atoms in total. The Kier molecular flexibility index (Phi) is 5.18. The number of hydrogen-bond donors (Lipinski definition) is 3. The number of amides is 1. The number of imidazole rings is 1. The number of benzene rings is 2. The molecule has 2 aromatic carbocycles. The van der Waals surface area contributed by atoms with Gasteiger partial charge in [-0.05, 0) is 62.8 Å². The second kappa shape index (κ2) is 7.53. The fourth-order valence-electron chi connectivity index (χ4n) is 2.84. The number of nitrogens with zero attached hydrogens (tertiary/aromatic N) is 2. The van der Waals surface area contributed by atoms with Crippen LogP contribution in [-0.4, -0.2) is 20.6 Å². The summed E-state index contributed by atoms with van der Waals surface area (Å²) in [4.78, 5) is 16.9. The number of fused-ring (bicyclic) bond motifs is 1. The minimum absolute atomic E-state index is 0.274. The van der Waals surface area contributed by atoms with Crippen molar-refractivity contribution in [2.24, 2.45) is 0 Å². The fourth-order valence-corrected chi connectivity index (χ4v) is 3.00. The molecular formula is C19H21N5OS. The quantitative estimate of drug-likeness (QED) is 0.489. The van der Waals surface area contributed by atoms with Crippen LogP contribution >= 0.6 is 12.2 Å². The van der Waals surface area contributed by atoms with E-state index in [9.17, 15) is 4.79 Å². The van der Waals surface area contributed by atoms with Crippen molar-refractivity contribution in [2.75, 3.05) is 5.32 Å². The number of hydrogen-bond acceptors (Lipinski definition) is 3. The average Bonchev–Trinajstić information content (AvgIpc) is 2.95.